The van der Waals surface area contributed by atoms with Gasteiger partial charge in [-0.1, -0.05) is 107 Å². The van der Waals surface area contributed by atoms with Gasteiger partial charge in [-0.3, -0.25) is 4.79 Å². The number of thiazole rings is 1. The molecule has 3 rings (SSSR count). The van der Waals surface area contributed by atoms with Crippen LogP contribution in [0.3, 0.4) is 0 Å². The van der Waals surface area contributed by atoms with Gasteiger partial charge in [-0.25, -0.2) is 4.39 Å². The number of benzene rings is 2. The van der Waals surface area contributed by atoms with Crippen molar-refractivity contribution in [3.05, 3.63) is 70.4 Å². The lowest BCUT2D eigenvalue weighted by Gasteiger charge is -2.11. The second-order valence-electron chi connectivity index (χ2n) is 10.5. The minimum atomic E-state index is -0.481. The van der Waals surface area contributed by atoms with Crippen molar-refractivity contribution >= 4 is 22.9 Å². The maximum absolute atomic E-state index is 14.5. The lowest BCUT2D eigenvalue weighted by molar-refractivity contribution is -0.683. The Labute approximate surface area is 260 Å². The zero-order valence-corrected chi connectivity index (χ0v) is 27.0. The Balaban J connectivity index is 0.00000588. The molecule has 0 saturated carbocycles. The number of carbonyl (C=O) groups excluding carboxylic acids is 1. The van der Waals surface area contributed by atoms with Crippen LogP contribution in [0, 0.1) is 12.7 Å². The highest BCUT2D eigenvalue weighted by Gasteiger charge is 2.13. The molecule has 0 saturated heterocycles. The molecule has 1 N–H and O–H groups in total. The third kappa shape index (κ3) is 13.8. The van der Waals surface area contributed by atoms with E-state index < -0.39 is 5.82 Å². The summed E-state index contributed by atoms with van der Waals surface area (Å²) in [6, 6.07) is 12.2. The lowest BCUT2D eigenvalue weighted by Crippen LogP contribution is -3.00. The Morgan fingerprint density at radius 2 is 1.56 bits per heavy atom. The Morgan fingerprint density at radius 1 is 0.902 bits per heavy atom. The molecular formula is C33H46BrFN2O3S. The number of anilines is 1. The lowest BCUT2D eigenvalue weighted by atomic mass is 10.1. The van der Waals surface area contributed by atoms with Crippen LogP contribution in [-0.2, 0) is 11.3 Å². The highest BCUT2D eigenvalue weighted by atomic mass is 79.9. The number of para-hydroxylation sites is 1. The maximum Gasteiger partial charge on any atom is 0.262 e. The van der Waals surface area contributed by atoms with Crippen molar-refractivity contribution in [2.24, 2.45) is 0 Å². The molecule has 2 aromatic carbocycles. The topological polar surface area (TPSA) is 51.4 Å². The third-order valence-electron chi connectivity index (χ3n) is 6.89. The molecule has 0 unspecified atom stereocenters. The van der Waals surface area contributed by atoms with Crippen molar-refractivity contribution in [1.82, 2.24) is 0 Å². The van der Waals surface area contributed by atoms with Crippen molar-refractivity contribution in [3.8, 4) is 11.5 Å². The van der Waals surface area contributed by atoms with Crippen LogP contribution in [0.25, 0.3) is 0 Å². The maximum atomic E-state index is 14.5. The summed E-state index contributed by atoms with van der Waals surface area (Å²) in [6.45, 7) is 5.27. The van der Waals surface area contributed by atoms with Crippen molar-refractivity contribution in [2.45, 2.75) is 97.4 Å². The summed E-state index contributed by atoms with van der Waals surface area (Å²) in [5.41, 5.74) is 3.79. The van der Waals surface area contributed by atoms with Gasteiger partial charge < -0.3 is 31.8 Å². The Kier molecular flexibility index (Phi) is 17.3. The second kappa shape index (κ2) is 20.4. The summed E-state index contributed by atoms with van der Waals surface area (Å²) in [7, 11) is 0. The van der Waals surface area contributed by atoms with E-state index in [-0.39, 0.29) is 35.2 Å². The smallest absolute Gasteiger partial charge is 0.262 e. The van der Waals surface area contributed by atoms with Crippen LogP contribution >= 0.6 is 11.3 Å². The first-order valence-corrected chi connectivity index (χ1v) is 15.8. The van der Waals surface area contributed by atoms with Gasteiger partial charge in [0.15, 0.2) is 30.9 Å². The second-order valence-corrected chi connectivity index (χ2v) is 11.5. The number of rotatable bonds is 20. The fourth-order valence-electron chi connectivity index (χ4n) is 4.65. The van der Waals surface area contributed by atoms with E-state index in [1.54, 1.807) is 23.5 Å². The highest BCUT2D eigenvalue weighted by Crippen LogP contribution is 2.23. The van der Waals surface area contributed by atoms with E-state index in [2.05, 4.69) is 35.4 Å². The first-order chi connectivity index (χ1) is 19.5. The van der Waals surface area contributed by atoms with E-state index in [9.17, 15) is 9.18 Å². The van der Waals surface area contributed by atoms with E-state index in [4.69, 9.17) is 9.47 Å². The number of ether oxygens (including phenoxy) is 2. The molecule has 1 amide bonds. The van der Waals surface area contributed by atoms with Gasteiger partial charge in [0.2, 0.25) is 5.51 Å². The SMILES string of the molecule is CCCCCCCCCCCCCCOc1ccc(OCC(=O)Nc2ccccc2C[n+]2csc(C)c2)cc1F.[Br-]. The monoisotopic (exact) mass is 648 g/mol. The number of carbonyl (C=O) groups is 1. The van der Waals surface area contributed by atoms with Crippen molar-refractivity contribution in [1.29, 1.82) is 0 Å². The third-order valence-corrected chi connectivity index (χ3v) is 7.75. The molecular weight excluding hydrogens is 603 g/mol. The molecule has 0 fully saturated rings. The van der Waals surface area contributed by atoms with Crippen molar-refractivity contribution < 1.29 is 40.2 Å². The zero-order chi connectivity index (χ0) is 28.4. The molecule has 0 spiro atoms. The van der Waals surface area contributed by atoms with Gasteiger partial charge in [-0.15, -0.1) is 0 Å². The zero-order valence-electron chi connectivity index (χ0n) is 24.6. The Bertz CT molecular complexity index is 1160. The Hall–Kier alpha value is -2.45. The molecule has 1 heterocycles. The highest BCUT2D eigenvalue weighted by molar-refractivity contribution is 7.09. The molecule has 0 radical (unpaired) electrons. The summed E-state index contributed by atoms with van der Waals surface area (Å²) in [5.74, 6) is -0.269. The number of nitrogens with one attached hydrogen (secondary N) is 1. The van der Waals surface area contributed by atoms with Gasteiger partial charge >= 0.3 is 0 Å². The van der Waals surface area contributed by atoms with Gasteiger partial charge in [0.05, 0.1) is 17.2 Å². The van der Waals surface area contributed by atoms with Crippen LogP contribution in [0.15, 0.2) is 54.2 Å². The van der Waals surface area contributed by atoms with Gasteiger partial charge in [0.1, 0.15) is 5.75 Å². The molecule has 3 aromatic rings. The van der Waals surface area contributed by atoms with E-state index in [0.29, 0.717) is 18.9 Å². The van der Waals surface area contributed by atoms with Crippen LogP contribution < -0.4 is 36.3 Å². The van der Waals surface area contributed by atoms with Crippen LogP contribution in [0.1, 0.15) is 94.4 Å². The number of hydrogen-bond acceptors (Lipinski definition) is 4. The van der Waals surface area contributed by atoms with Gasteiger partial charge in [0.25, 0.3) is 5.91 Å². The van der Waals surface area contributed by atoms with Crippen molar-refractivity contribution in [2.75, 3.05) is 18.5 Å². The van der Waals surface area contributed by atoms with Gasteiger partial charge in [0, 0.05) is 11.6 Å². The molecule has 0 aliphatic heterocycles. The van der Waals surface area contributed by atoms with Crippen LogP contribution in [0.2, 0.25) is 0 Å². The molecule has 1 aromatic heterocycles. The molecule has 226 valence electrons. The number of halogens is 2. The number of nitrogens with zero attached hydrogens (tertiary/aromatic N) is 1. The minimum Gasteiger partial charge on any atom is -1.00 e. The predicted molar refractivity (Wildman–Crippen MR) is 162 cm³/mol. The van der Waals surface area contributed by atoms with Crippen molar-refractivity contribution in [3.63, 3.8) is 0 Å². The number of hydrogen-bond donors (Lipinski definition) is 1. The average Bonchev–Trinajstić information content (AvgIpc) is 3.36. The summed E-state index contributed by atoms with van der Waals surface area (Å²) in [4.78, 5) is 13.8. The molecule has 5 nitrogen and oxygen atoms in total. The summed E-state index contributed by atoms with van der Waals surface area (Å²) in [6.07, 6.45) is 17.4. The van der Waals surface area contributed by atoms with Gasteiger partial charge in [-0.2, -0.15) is 4.57 Å². The average molecular weight is 650 g/mol. The van der Waals surface area contributed by atoms with E-state index in [0.717, 1.165) is 24.1 Å². The normalized spacial score (nSPS) is 10.7. The standard InChI is InChI=1S/C33H45FN2O3S.BrH/c1-3-4-5-6-7-8-9-10-11-12-13-16-21-38-32-20-19-29(22-30(32)34)39-25-33(37)35-31-18-15-14-17-28(31)24-36-23-27(2)40-26-36;/h14-15,17-20,22-23,26H,3-13,16,21,24-25H2,1-2H3;1H. The quantitative estimate of drug-likeness (QED) is 0.128. The van der Waals surface area contributed by atoms with Crippen LogP contribution in [0.4, 0.5) is 10.1 Å². The number of aryl methyl sites for hydroxylation is 1. The van der Waals surface area contributed by atoms with Gasteiger partial charge in [-0.05, 0) is 31.5 Å². The first-order valence-electron chi connectivity index (χ1n) is 14.9. The van der Waals surface area contributed by atoms with E-state index in [1.807, 2.05) is 24.3 Å². The predicted octanol–water partition coefficient (Wildman–Crippen LogP) is 5.63. The van der Waals surface area contributed by atoms with E-state index in [1.165, 1.54) is 75.2 Å². The molecule has 8 heteroatoms. The number of unbranched alkanes of at least 4 members (excludes halogenated alkanes) is 11. The molecule has 0 aliphatic carbocycles. The molecule has 41 heavy (non-hydrogen) atoms. The fourth-order valence-corrected chi connectivity index (χ4v) is 5.29. The first kappa shape index (κ1) is 34.7. The fraction of sp³-hybridized carbons (Fsp3) is 0.515. The molecule has 0 bridgehead atoms. The number of aromatic nitrogens is 1. The molecule has 0 atom stereocenters. The largest absolute Gasteiger partial charge is 1.00 e. The van der Waals surface area contributed by atoms with Crippen LogP contribution in [0.5, 0.6) is 11.5 Å². The summed E-state index contributed by atoms with van der Waals surface area (Å²) >= 11 is 1.68. The van der Waals surface area contributed by atoms with E-state index >= 15 is 0 Å². The number of amides is 1. The van der Waals surface area contributed by atoms with Crippen LogP contribution in [-0.4, -0.2) is 19.1 Å². The summed E-state index contributed by atoms with van der Waals surface area (Å²) < 4.78 is 27.8. The molecule has 0 aliphatic rings. The minimum absolute atomic E-state index is 0. The summed E-state index contributed by atoms with van der Waals surface area (Å²) in [5, 5.41) is 2.91. The Morgan fingerprint density at radius 3 is 2.20 bits per heavy atom.